The summed E-state index contributed by atoms with van der Waals surface area (Å²) in [6.07, 6.45) is 0.633. The van der Waals surface area contributed by atoms with E-state index in [9.17, 15) is 14.4 Å². The lowest BCUT2D eigenvalue weighted by atomic mass is 9.99. The Morgan fingerprint density at radius 1 is 1.17 bits per heavy atom. The van der Waals surface area contributed by atoms with Crippen LogP contribution in [0.3, 0.4) is 0 Å². The van der Waals surface area contributed by atoms with E-state index in [0.717, 1.165) is 0 Å². The first-order valence-electron chi connectivity index (χ1n) is 5.96. The molecule has 0 spiro atoms. The van der Waals surface area contributed by atoms with Crippen molar-refractivity contribution in [3.05, 3.63) is 0 Å². The van der Waals surface area contributed by atoms with Gasteiger partial charge in [0.25, 0.3) is 0 Å². The van der Waals surface area contributed by atoms with E-state index in [1.54, 1.807) is 13.8 Å². The van der Waals surface area contributed by atoms with E-state index in [0.29, 0.717) is 13.0 Å². The normalized spacial score (nSPS) is 13.3. The van der Waals surface area contributed by atoms with Crippen LogP contribution in [0.2, 0.25) is 0 Å². The van der Waals surface area contributed by atoms with Gasteiger partial charge in [-0.1, -0.05) is 20.3 Å². The minimum Gasteiger partial charge on any atom is -0.480 e. The maximum absolute atomic E-state index is 11.4. The highest BCUT2D eigenvalue weighted by atomic mass is 16.4. The van der Waals surface area contributed by atoms with Crippen molar-refractivity contribution >= 4 is 17.9 Å². The van der Waals surface area contributed by atoms with Crippen molar-refractivity contribution in [2.45, 2.75) is 33.2 Å². The standard InChI is InChI=1S/C11H21N3O4/c1-4-7(3)9(10(16)17)14-11(18)13-6-8(15)12-5-2/h7,9H,4-6H2,1-3H3,(H,12,15)(H,16,17)(H2,13,14,18)/t7-,9-/m0/s1. The number of hydrogen-bond donors (Lipinski definition) is 4. The second-order valence-electron chi connectivity index (χ2n) is 3.98. The predicted molar refractivity (Wildman–Crippen MR) is 66.1 cm³/mol. The zero-order valence-electron chi connectivity index (χ0n) is 10.9. The van der Waals surface area contributed by atoms with Crippen LogP contribution in [0, 0.1) is 5.92 Å². The Hall–Kier alpha value is -1.79. The van der Waals surface area contributed by atoms with Crippen LogP contribution < -0.4 is 16.0 Å². The Labute approximate surface area is 106 Å². The first-order valence-corrected chi connectivity index (χ1v) is 5.96. The van der Waals surface area contributed by atoms with Crippen LogP contribution in [0.5, 0.6) is 0 Å². The Kier molecular flexibility index (Phi) is 7.50. The molecular weight excluding hydrogens is 238 g/mol. The summed E-state index contributed by atoms with van der Waals surface area (Å²) < 4.78 is 0. The van der Waals surface area contributed by atoms with Crippen LogP contribution >= 0.6 is 0 Å². The zero-order chi connectivity index (χ0) is 14.1. The number of carboxylic acids is 1. The van der Waals surface area contributed by atoms with E-state index in [1.165, 1.54) is 0 Å². The largest absolute Gasteiger partial charge is 0.480 e. The fourth-order valence-corrected chi connectivity index (χ4v) is 1.30. The molecule has 0 saturated heterocycles. The smallest absolute Gasteiger partial charge is 0.326 e. The molecule has 7 nitrogen and oxygen atoms in total. The molecule has 0 aliphatic rings. The number of carboxylic acid groups (broad SMARTS) is 1. The van der Waals surface area contributed by atoms with Crippen molar-refractivity contribution in [2.24, 2.45) is 5.92 Å². The van der Waals surface area contributed by atoms with Gasteiger partial charge in [-0.05, 0) is 12.8 Å². The third-order valence-corrected chi connectivity index (χ3v) is 2.55. The maximum Gasteiger partial charge on any atom is 0.326 e. The molecule has 4 N–H and O–H groups in total. The molecule has 18 heavy (non-hydrogen) atoms. The molecule has 0 aromatic rings. The number of carbonyl (C=O) groups is 3. The number of hydrogen-bond acceptors (Lipinski definition) is 3. The third-order valence-electron chi connectivity index (χ3n) is 2.55. The average Bonchev–Trinajstić information content (AvgIpc) is 2.32. The Balaban J connectivity index is 4.19. The van der Waals surface area contributed by atoms with Gasteiger partial charge in [-0.2, -0.15) is 0 Å². The van der Waals surface area contributed by atoms with Gasteiger partial charge in [-0.25, -0.2) is 9.59 Å². The summed E-state index contributed by atoms with van der Waals surface area (Å²) in [5.41, 5.74) is 0. The van der Waals surface area contributed by atoms with Crippen molar-refractivity contribution in [2.75, 3.05) is 13.1 Å². The molecular formula is C11H21N3O4. The molecule has 104 valence electrons. The molecule has 0 aliphatic carbocycles. The van der Waals surface area contributed by atoms with Crippen molar-refractivity contribution in [1.29, 1.82) is 0 Å². The second kappa shape index (κ2) is 8.32. The molecule has 0 aromatic carbocycles. The van der Waals surface area contributed by atoms with Gasteiger partial charge in [0.05, 0.1) is 6.54 Å². The monoisotopic (exact) mass is 259 g/mol. The number of carbonyl (C=O) groups excluding carboxylic acids is 2. The van der Waals surface area contributed by atoms with Gasteiger partial charge < -0.3 is 21.1 Å². The third kappa shape index (κ3) is 6.07. The number of amides is 3. The number of likely N-dealkylation sites (N-methyl/N-ethyl adjacent to an activating group) is 1. The topological polar surface area (TPSA) is 108 Å². The molecule has 3 amide bonds. The first kappa shape index (κ1) is 16.2. The molecule has 0 unspecified atom stereocenters. The molecule has 0 aliphatic heterocycles. The summed E-state index contributed by atoms with van der Waals surface area (Å²) in [5, 5.41) is 16.1. The quantitative estimate of drug-likeness (QED) is 0.513. The molecule has 2 atom stereocenters. The van der Waals surface area contributed by atoms with Crippen LogP contribution in [0.1, 0.15) is 27.2 Å². The summed E-state index contributed by atoms with van der Waals surface area (Å²) in [6, 6.07) is -1.61. The number of aliphatic carboxylic acids is 1. The summed E-state index contributed by atoms with van der Waals surface area (Å²) in [5.74, 6) is -1.58. The molecule has 0 rings (SSSR count). The van der Waals surface area contributed by atoms with Gasteiger partial charge in [0.1, 0.15) is 6.04 Å². The van der Waals surface area contributed by atoms with Crippen LogP contribution in [-0.4, -0.2) is 42.1 Å². The fraction of sp³-hybridized carbons (Fsp3) is 0.727. The van der Waals surface area contributed by atoms with Gasteiger partial charge in [0.15, 0.2) is 0 Å². The van der Waals surface area contributed by atoms with E-state index in [4.69, 9.17) is 5.11 Å². The van der Waals surface area contributed by atoms with Crippen molar-refractivity contribution in [3.8, 4) is 0 Å². The fourth-order valence-electron chi connectivity index (χ4n) is 1.30. The lowest BCUT2D eigenvalue weighted by Gasteiger charge is -2.20. The summed E-state index contributed by atoms with van der Waals surface area (Å²) >= 11 is 0. The molecule has 0 saturated carbocycles. The lowest BCUT2D eigenvalue weighted by molar-refractivity contribution is -0.140. The zero-order valence-corrected chi connectivity index (χ0v) is 10.9. The number of rotatable bonds is 7. The van der Waals surface area contributed by atoms with E-state index >= 15 is 0 Å². The van der Waals surface area contributed by atoms with Crippen LogP contribution in [0.25, 0.3) is 0 Å². The Morgan fingerprint density at radius 3 is 2.22 bits per heavy atom. The van der Waals surface area contributed by atoms with Gasteiger partial charge in [0.2, 0.25) is 5.91 Å². The summed E-state index contributed by atoms with van der Waals surface area (Å²) in [6.45, 7) is 5.65. The van der Waals surface area contributed by atoms with Gasteiger partial charge in [0, 0.05) is 6.54 Å². The first-order chi connectivity index (χ1) is 8.42. The van der Waals surface area contributed by atoms with E-state index in [1.807, 2.05) is 6.92 Å². The van der Waals surface area contributed by atoms with Gasteiger partial charge in [-0.3, -0.25) is 4.79 Å². The summed E-state index contributed by atoms with van der Waals surface area (Å²) in [4.78, 5) is 33.5. The molecule has 0 radical (unpaired) electrons. The van der Waals surface area contributed by atoms with Gasteiger partial charge >= 0.3 is 12.0 Å². The van der Waals surface area contributed by atoms with Crippen molar-refractivity contribution < 1.29 is 19.5 Å². The SMILES string of the molecule is CCNC(=O)CNC(=O)N[C@H](C(=O)O)[C@@H](C)CC. The van der Waals surface area contributed by atoms with Crippen molar-refractivity contribution in [1.82, 2.24) is 16.0 Å². The molecule has 7 heteroatoms. The second-order valence-corrected chi connectivity index (χ2v) is 3.98. The number of urea groups is 1. The highest BCUT2D eigenvalue weighted by molar-refractivity contribution is 5.86. The van der Waals surface area contributed by atoms with E-state index in [2.05, 4.69) is 16.0 Å². The predicted octanol–water partition coefficient (Wildman–Crippen LogP) is -0.0790. The van der Waals surface area contributed by atoms with Crippen LogP contribution in [-0.2, 0) is 9.59 Å². The van der Waals surface area contributed by atoms with E-state index in [-0.39, 0.29) is 18.4 Å². The number of nitrogens with one attached hydrogen (secondary N) is 3. The lowest BCUT2D eigenvalue weighted by Crippen LogP contribution is -2.50. The molecule has 0 fully saturated rings. The molecule has 0 aromatic heterocycles. The minimum atomic E-state index is -1.09. The highest BCUT2D eigenvalue weighted by Gasteiger charge is 2.25. The van der Waals surface area contributed by atoms with Gasteiger partial charge in [-0.15, -0.1) is 0 Å². The minimum absolute atomic E-state index is 0.174. The average molecular weight is 259 g/mol. The van der Waals surface area contributed by atoms with E-state index < -0.39 is 18.0 Å². The molecule has 0 bridgehead atoms. The Bertz CT molecular complexity index is 307. The molecule has 0 heterocycles. The Morgan fingerprint density at radius 2 is 1.78 bits per heavy atom. The van der Waals surface area contributed by atoms with Crippen LogP contribution in [0.4, 0.5) is 4.79 Å². The van der Waals surface area contributed by atoms with Crippen LogP contribution in [0.15, 0.2) is 0 Å². The summed E-state index contributed by atoms with van der Waals surface area (Å²) in [7, 11) is 0. The van der Waals surface area contributed by atoms with Crippen molar-refractivity contribution in [3.63, 3.8) is 0 Å². The maximum atomic E-state index is 11.4. The highest BCUT2D eigenvalue weighted by Crippen LogP contribution is 2.07.